The largest absolute Gasteiger partial charge is 0.376 e. The van der Waals surface area contributed by atoms with Crippen LogP contribution in [0.1, 0.15) is 29.6 Å². The maximum atomic E-state index is 13.5. The van der Waals surface area contributed by atoms with Gasteiger partial charge in [0.15, 0.2) is 0 Å². The van der Waals surface area contributed by atoms with E-state index in [2.05, 4.69) is 28.5 Å². The molecule has 100 valence electrons. The predicted octanol–water partition coefficient (Wildman–Crippen LogP) is 4.05. The first-order valence-corrected chi connectivity index (χ1v) is 6.96. The van der Waals surface area contributed by atoms with Crippen molar-refractivity contribution in [1.29, 1.82) is 0 Å². The highest BCUT2D eigenvalue weighted by Gasteiger charge is 2.38. The molecule has 1 aliphatic carbocycles. The van der Waals surface area contributed by atoms with Crippen molar-refractivity contribution in [2.75, 3.05) is 5.32 Å². The van der Waals surface area contributed by atoms with E-state index >= 15 is 0 Å². The van der Waals surface area contributed by atoms with Gasteiger partial charge in [0.2, 0.25) is 0 Å². The highest BCUT2D eigenvalue weighted by molar-refractivity contribution is 5.59. The number of rotatable bonds is 1. The van der Waals surface area contributed by atoms with E-state index in [4.69, 9.17) is 0 Å². The predicted molar refractivity (Wildman–Crippen MR) is 77.0 cm³/mol. The van der Waals surface area contributed by atoms with Crippen molar-refractivity contribution >= 4 is 5.69 Å². The average Bonchev–Trinajstić information content (AvgIpc) is 2.97. The molecule has 0 radical (unpaired) electrons. The van der Waals surface area contributed by atoms with Gasteiger partial charge < -0.3 is 5.32 Å². The standard InChI is InChI=1S/C17H15FN2/c18-11-7-8-15-14(10-11)12-4-3-5-13(12)17(20-15)16-6-1-2-9-19-16/h1-4,6-10,12-13,17,20H,5H2/t12-,13+,17-/m1/s1. The van der Waals surface area contributed by atoms with Crippen molar-refractivity contribution in [2.24, 2.45) is 5.92 Å². The second-order valence-electron chi connectivity index (χ2n) is 5.46. The van der Waals surface area contributed by atoms with Crippen LogP contribution in [-0.2, 0) is 0 Å². The summed E-state index contributed by atoms with van der Waals surface area (Å²) in [6.07, 6.45) is 7.25. The van der Waals surface area contributed by atoms with Crippen molar-refractivity contribution in [1.82, 2.24) is 4.98 Å². The molecule has 1 aromatic carbocycles. The summed E-state index contributed by atoms with van der Waals surface area (Å²) in [7, 11) is 0. The Kier molecular flexibility index (Phi) is 2.59. The van der Waals surface area contributed by atoms with E-state index in [0.29, 0.717) is 5.92 Å². The number of aromatic nitrogens is 1. The van der Waals surface area contributed by atoms with E-state index in [-0.39, 0.29) is 17.8 Å². The molecule has 2 aromatic rings. The first-order valence-electron chi connectivity index (χ1n) is 6.96. The number of nitrogens with one attached hydrogen (secondary N) is 1. The first-order chi connectivity index (χ1) is 9.83. The molecule has 0 saturated heterocycles. The van der Waals surface area contributed by atoms with Crippen molar-refractivity contribution in [3.05, 3.63) is 71.8 Å². The third-order valence-corrected chi connectivity index (χ3v) is 4.33. The van der Waals surface area contributed by atoms with Gasteiger partial charge in [0.25, 0.3) is 0 Å². The van der Waals surface area contributed by atoms with Gasteiger partial charge in [-0.3, -0.25) is 4.98 Å². The number of fused-ring (bicyclic) bond motifs is 3. The van der Waals surface area contributed by atoms with E-state index in [1.54, 1.807) is 6.07 Å². The maximum absolute atomic E-state index is 13.5. The number of hydrogen-bond acceptors (Lipinski definition) is 2. The monoisotopic (exact) mass is 266 g/mol. The lowest BCUT2D eigenvalue weighted by atomic mass is 9.78. The van der Waals surface area contributed by atoms with Crippen LogP contribution in [0.5, 0.6) is 0 Å². The van der Waals surface area contributed by atoms with Gasteiger partial charge >= 0.3 is 0 Å². The van der Waals surface area contributed by atoms with Crippen LogP contribution in [0.3, 0.4) is 0 Å². The molecule has 3 heteroatoms. The minimum Gasteiger partial charge on any atom is -0.376 e. The van der Waals surface area contributed by atoms with Crippen LogP contribution in [0.4, 0.5) is 10.1 Å². The summed E-state index contributed by atoms with van der Waals surface area (Å²) < 4.78 is 13.5. The van der Waals surface area contributed by atoms with E-state index in [9.17, 15) is 4.39 Å². The van der Waals surface area contributed by atoms with E-state index in [1.165, 1.54) is 6.07 Å². The van der Waals surface area contributed by atoms with Gasteiger partial charge in [-0.15, -0.1) is 0 Å². The molecule has 4 rings (SSSR count). The maximum Gasteiger partial charge on any atom is 0.123 e. The molecule has 3 atom stereocenters. The highest BCUT2D eigenvalue weighted by atomic mass is 19.1. The smallest absolute Gasteiger partial charge is 0.123 e. The van der Waals surface area contributed by atoms with Gasteiger partial charge in [-0.1, -0.05) is 18.2 Å². The molecule has 1 aromatic heterocycles. The number of hydrogen-bond donors (Lipinski definition) is 1. The van der Waals surface area contributed by atoms with Crippen LogP contribution < -0.4 is 5.32 Å². The van der Waals surface area contributed by atoms with Gasteiger partial charge in [0.1, 0.15) is 5.82 Å². The number of anilines is 1. The Hall–Kier alpha value is -2.16. The first kappa shape index (κ1) is 11.6. The summed E-state index contributed by atoms with van der Waals surface area (Å²) in [6.45, 7) is 0. The van der Waals surface area contributed by atoms with E-state index < -0.39 is 0 Å². The second-order valence-corrected chi connectivity index (χ2v) is 5.46. The van der Waals surface area contributed by atoms with Gasteiger partial charge in [-0.05, 0) is 48.2 Å². The van der Waals surface area contributed by atoms with Crippen molar-refractivity contribution in [3.63, 3.8) is 0 Å². The van der Waals surface area contributed by atoms with Crippen LogP contribution in [0.25, 0.3) is 0 Å². The minimum absolute atomic E-state index is 0.166. The second kappa shape index (κ2) is 4.44. The quantitative estimate of drug-likeness (QED) is 0.788. The van der Waals surface area contributed by atoms with Crippen molar-refractivity contribution in [2.45, 2.75) is 18.4 Å². The lowest BCUT2D eigenvalue weighted by Crippen LogP contribution is -2.29. The van der Waals surface area contributed by atoms with E-state index in [1.807, 2.05) is 24.4 Å². The number of pyridine rings is 1. The molecule has 2 aliphatic rings. The summed E-state index contributed by atoms with van der Waals surface area (Å²) in [4.78, 5) is 4.49. The van der Waals surface area contributed by atoms with E-state index in [0.717, 1.165) is 23.4 Å². The third kappa shape index (κ3) is 1.73. The Bertz CT molecular complexity index is 666. The van der Waals surface area contributed by atoms with Crippen molar-refractivity contribution < 1.29 is 4.39 Å². The summed E-state index contributed by atoms with van der Waals surface area (Å²) >= 11 is 0. The Labute approximate surface area is 117 Å². The third-order valence-electron chi connectivity index (χ3n) is 4.33. The molecular weight excluding hydrogens is 251 g/mol. The van der Waals surface area contributed by atoms with Gasteiger partial charge in [0.05, 0.1) is 11.7 Å². The van der Waals surface area contributed by atoms with Crippen molar-refractivity contribution in [3.8, 4) is 0 Å². The molecule has 2 nitrogen and oxygen atoms in total. The molecule has 0 fully saturated rings. The normalized spacial score (nSPS) is 26.8. The summed E-state index contributed by atoms with van der Waals surface area (Å²) in [5.41, 5.74) is 3.15. The van der Waals surface area contributed by atoms with Crippen LogP contribution in [0, 0.1) is 11.7 Å². The Morgan fingerprint density at radius 3 is 3.00 bits per heavy atom. The molecule has 2 heterocycles. The van der Waals surface area contributed by atoms with Gasteiger partial charge in [0, 0.05) is 17.8 Å². The Balaban J connectivity index is 1.80. The fourth-order valence-electron chi connectivity index (χ4n) is 3.42. The van der Waals surface area contributed by atoms with Crippen LogP contribution in [0.2, 0.25) is 0 Å². The molecular formula is C17H15FN2. The molecule has 0 saturated carbocycles. The number of allylic oxidation sites excluding steroid dienone is 2. The number of halogens is 1. The molecule has 0 bridgehead atoms. The highest BCUT2D eigenvalue weighted by Crippen LogP contribution is 2.49. The Morgan fingerprint density at radius 2 is 2.15 bits per heavy atom. The minimum atomic E-state index is -0.166. The van der Waals surface area contributed by atoms with Crippen LogP contribution in [-0.4, -0.2) is 4.98 Å². The number of benzene rings is 1. The topological polar surface area (TPSA) is 24.9 Å². The van der Waals surface area contributed by atoms with Gasteiger partial charge in [-0.2, -0.15) is 0 Å². The number of nitrogens with zero attached hydrogens (tertiary/aromatic N) is 1. The molecule has 0 amide bonds. The fraction of sp³-hybridized carbons (Fsp3) is 0.235. The van der Waals surface area contributed by atoms with Crippen LogP contribution in [0.15, 0.2) is 54.7 Å². The zero-order valence-corrected chi connectivity index (χ0v) is 11.0. The SMILES string of the molecule is Fc1ccc2c(c1)[C@@H]1C=CC[C@@H]1[C@H](c1ccccn1)N2. The summed E-state index contributed by atoms with van der Waals surface area (Å²) in [5, 5.41) is 3.54. The molecule has 0 spiro atoms. The summed E-state index contributed by atoms with van der Waals surface area (Å²) in [6, 6.07) is 11.2. The lowest BCUT2D eigenvalue weighted by Gasteiger charge is -2.36. The van der Waals surface area contributed by atoms with Gasteiger partial charge in [-0.25, -0.2) is 4.39 Å². The Morgan fingerprint density at radius 1 is 1.20 bits per heavy atom. The molecule has 0 unspecified atom stereocenters. The van der Waals surface area contributed by atoms with Crippen LogP contribution >= 0.6 is 0 Å². The zero-order valence-electron chi connectivity index (χ0n) is 11.0. The summed E-state index contributed by atoms with van der Waals surface area (Å²) in [5.74, 6) is 0.536. The lowest BCUT2D eigenvalue weighted by molar-refractivity contribution is 0.417. The molecule has 20 heavy (non-hydrogen) atoms. The molecule has 1 aliphatic heterocycles. The average molecular weight is 266 g/mol. The molecule has 1 N–H and O–H groups in total. The fourth-order valence-corrected chi connectivity index (χ4v) is 3.42. The zero-order chi connectivity index (χ0) is 13.5.